The molecular weight excluding hydrogens is 571 g/mol. The van der Waals surface area contributed by atoms with E-state index in [1.807, 2.05) is 35.2 Å². The van der Waals surface area contributed by atoms with Gasteiger partial charge in [0.15, 0.2) is 0 Å². The van der Waals surface area contributed by atoms with Crippen molar-refractivity contribution in [2.45, 2.75) is 63.0 Å². The summed E-state index contributed by atoms with van der Waals surface area (Å²) in [5.41, 5.74) is -0.582. The van der Waals surface area contributed by atoms with Crippen LogP contribution in [0.25, 0.3) is 0 Å². The Morgan fingerprint density at radius 1 is 1.02 bits per heavy atom. The number of benzene rings is 2. The van der Waals surface area contributed by atoms with E-state index in [2.05, 4.69) is 11.5 Å². The molecule has 0 unspecified atom stereocenters. The number of rotatable bonds is 9. The van der Waals surface area contributed by atoms with Crippen molar-refractivity contribution in [1.82, 2.24) is 14.7 Å². The highest BCUT2D eigenvalue weighted by molar-refractivity contribution is 5.79. The number of nitrogens with zero attached hydrogens (tertiary/aromatic N) is 3. The lowest BCUT2D eigenvalue weighted by Crippen LogP contribution is -2.50. The molecule has 1 aliphatic carbocycles. The molecule has 0 radical (unpaired) electrons. The maximum absolute atomic E-state index is 13.3. The van der Waals surface area contributed by atoms with Gasteiger partial charge in [-0.3, -0.25) is 4.79 Å². The van der Waals surface area contributed by atoms with Crippen LogP contribution in [0.1, 0.15) is 55.2 Å². The minimum atomic E-state index is -4.42. The second kappa shape index (κ2) is 13.7. The number of carbonyl (C=O) groups is 2. The predicted octanol–water partition coefficient (Wildman–Crippen LogP) is 5.83. The fourth-order valence-corrected chi connectivity index (χ4v) is 7.02. The van der Waals surface area contributed by atoms with Gasteiger partial charge in [0, 0.05) is 50.6 Å². The van der Waals surface area contributed by atoms with Crippen molar-refractivity contribution in [3.63, 3.8) is 0 Å². The van der Waals surface area contributed by atoms with Crippen LogP contribution in [0, 0.1) is 11.8 Å². The second-order valence-corrected chi connectivity index (χ2v) is 12.4. The highest BCUT2D eigenvalue weighted by atomic mass is 19.4. The molecule has 0 aromatic heterocycles. The first kappa shape index (κ1) is 32.0. The molecule has 2 aliphatic heterocycles. The maximum atomic E-state index is 13.3. The van der Waals surface area contributed by atoms with Crippen molar-refractivity contribution in [2.24, 2.45) is 11.8 Å². The Hall–Kier alpha value is -3.37. The number of ether oxygens (including phenoxy) is 1. The van der Waals surface area contributed by atoms with Gasteiger partial charge in [-0.05, 0) is 48.9 Å². The third-order valence-corrected chi connectivity index (χ3v) is 9.52. The molecule has 5 rings (SSSR count). The van der Waals surface area contributed by atoms with Crippen molar-refractivity contribution in [2.75, 3.05) is 39.3 Å². The smallest absolute Gasteiger partial charge is 0.416 e. The van der Waals surface area contributed by atoms with Crippen molar-refractivity contribution in [3.8, 4) is 0 Å². The molecule has 2 atom stereocenters. The molecule has 2 heterocycles. The van der Waals surface area contributed by atoms with Gasteiger partial charge in [0.05, 0.1) is 12.1 Å². The first-order chi connectivity index (χ1) is 21.1. The summed E-state index contributed by atoms with van der Waals surface area (Å²) < 4.78 is 44.1. The molecule has 3 aliphatic rings. The Labute approximate surface area is 257 Å². The molecule has 2 aromatic rings. The van der Waals surface area contributed by atoms with E-state index >= 15 is 0 Å². The molecule has 3 fully saturated rings. The Morgan fingerprint density at radius 3 is 2.30 bits per heavy atom. The Balaban J connectivity index is 1.18. The first-order valence-electron chi connectivity index (χ1n) is 15.6. The second-order valence-electron chi connectivity index (χ2n) is 12.4. The molecule has 2 saturated heterocycles. The third-order valence-electron chi connectivity index (χ3n) is 9.52. The number of hydrogen-bond acceptors (Lipinski definition) is 5. The number of carbonyl (C=O) groups excluding carboxylic acids is 2. The van der Waals surface area contributed by atoms with Gasteiger partial charge in [0.2, 0.25) is 5.91 Å². The van der Waals surface area contributed by atoms with Crippen LogP contribution in [0.3, 0.4) is 0 Å². The average molecular weight is 614 g/mol. The molecule has 1 N–H and O–H groups in total. The van der Waals surface area contributed by atoms with Crippen LogP contribution in [-0.4, -0.2) is 77.1 Å². The van der Waals surface area contributed by atoms with Crippen LogP contribution in [-0.2, 0) is 27.9 Å². The molecule has 10 heteroatoms. The molecule has 238 valence electrons. The van der Waals surface area contributed by atoms with E-state index < -0.39 is 23.4 Å². The highest BCUT2D eigenvalue weighted by Gasteiger charge is 2.49. The van der Waals surface area contributed by atoms with Crippen molar-refractivity contribution >= 4 is 12.0 Å². The number of piperidine rings is 1. The van der Waals surface area contributed by atoms with E-state index in [0.717, 1.165) is 43.4 Å². The summed E-state index contributed by atoms with van der Waals surface area (Å²) >= 11 is 0. The SMILES string of the molecule is C=CCN(C(=O)OCc1ccc(C(F)(F)F)cc1)C1CCN(C[C@H]2CN(C(=O)C3CCCC3)C[C@]2(O)c2ccccc2)CC1. The molecule has 7 nitrogen and oxygen atoms in total. The largest absolute Gasteiger partial charge is 0.445 e. The van der Waals surface area contributed by atoms with Gasteiger partial charge in [-0.15, -0.1) is 6.58 Å². The van der Waals surface area contributed by atoms with Gasteiger partial charge in [-0.2, -0.15) is 13.2 Å². The summed E-state index contributed by atoms with van der Waals surface area (Å²) in [6, 6.07) is 14.1. The summed E-state index contributed by atoms with van der Waals surface area (Å²) in [6.45, 7) is 6.81. The zero-order chi connectivity index (χ0) is 31.3. The topological polar surface area (TPSA) is 73.3 Å². The Bertz CT molecular complexity index is 1270. The number of halogens is 3. The number of amides is 2. The van der Waals surface area contributed by atoms with Crippen LogP contribution in [0.15, 0.2) is 67.3 Å². The fourth-order valence-electron chi connectivity index (χ4n) is 7.02. The van der Waals surface area contributed by atoms with Crippen LogP contribution < -0.4 is 0 Å². The Kier molecular flexibility index (Phi) is 10.00. The summed E-state index contributed by atoms with van der Waals surface area (Å²) in [7, 11) is 0. The summed E-state index contributed by atoms with van der Waals surface area (Å²) in [5.74, 6) is 0.0667. The molecule has 2 aromatic carbocycles. The number of likely N-dealkylation sites (tertiary alicyclic amines) is 2. The first-order valence-corrected chi connectivity index (χ1v) is 15.6. The lowest BCUT2D eigenvalue weighted by Gasteiger charge is -2.40. The van der Waals surface area contributed by atoms with E-state index in [0.29, 0.717) is 57.7 Å². The molecule has 0 bridgehead atoms. The minimum absolute atomic E-state index is 0.0550. The third kappa shape index (κ3) is 7.29. The van der Waals surface area contributed by atoms with Gasteiger partial charge in [-0.1, -0.05) is 61.4 Å². The predicted molar refractivity (Wildman–Crippen MR) is 160 cm³/mol. The standard InChI is InChI=1S/C34H42F3N3O4/c1-2-18-40(32(42)44-23-25-12-14-28(15-13-25)34(35,36)37)30-16-19-38(20-17-30)21-29-22-39(31(41)26-8-6-7-9-26)24-33(29,43)27-10-4-3-5-11-27/h2-5,10-15,26,29-30,43H,1,6-9,16-24H2/t29-,33-/m0/s1. The molecule has 0 spiro atoms. The lowest BCUT2D eigenvalue weighted by atomic mass is 9.83. The van der Waals surface area contributed by atoms with Crippen LogP contribution in [0.4, 0.5) is 18.0 Å². The van der Waals surface area contributed by atoms with E-state index in [1.54, 1.807) is 11.0 Å². The number of aliphatic hydroxyl groups is 1. The van der Waals surface area contributed by atoms with Crippen molar-refractivity contribution < 1.29 is 32.6 Å². The van der Waals surface area contributed by atoms with E-state index in [4.69, 9.17) is 4.74 Å². The van der Waals surface area contributed by atoms with Gasteiger partial charge < -0.3 is 24.5 Å². The number of alkyl halides is 3. The van der Waals surface area contributed by atoms with E-state index in [9.17, 15) is 27.9 Å². The quantitative estimate of drug-likeness (QED) is 0.361. The lowest BCUT2D eigenvalue weighted by molar-refractivity contribution is -0.137. The van der Waals surface area contributed by atoms with E-state index in [-0.39, 0.29) is 30.4 Å². The molecule has 44 heavy (non-hydrogen) atoms. The summed E-state index contributed by atoms with van der Waals surface area (Å²) in [6.07, 6.45) is 2.09. The summed E-state index contributed by atoms with van der Waals surface area (Å²) in [5, 5.41) is 12.0. The normalized spacial score (nSPS) is 23.5. The minimum Gasteiger partial charge on any atom is -0.445 e. The van der Waals surface area contributed by atoms with Gasteiger partial charge in [0.1, 0.15) is 12.2 Å². The van der Waals surface area contributed by atoms with E-state index in [1.165, 1.54) is 12.1 Å². The van der Waals surface area contributed by atoms with Crippen molar-refractivity contribution in [1.29, 1.82) is 0 Å². The number of hydrogen-bond donors (Lipinski definition) is 1. The fraction of sp³-hybridized carbons (Fsp3) is 0.529. The van der Waals surface area contributed by atoms with Crippen LogP contribution in [0.2, 0.25) is 0 Å². The maximum Gasteiger partial charge on any atom is 0.416 e. The van der Waals surface area contributed by atoms with Gasteiger partial charge >= 0.3 is 12.3 Å². The van der Waals surface area contributed by atoms with Crippen molar-refractivity contribution in [3.05, 3.63) is 83.9 Å². The summed E-state index contributed by atoms with van der Waals surface area (Å²) in [4.78, 5) is 32.2. The average Bonchev–Trinajstić information content (AvgIpc) is 3.68. The highest BCUT2D eigenvalue weighted by Crippen LogP contribution is 2.40. The zero-order valence-electron chi connectivity index (χ0n) is 25.1. The molecule has 2 amide bonds. The van der Waals surface area contributed by atoms with Crippen LogP contribution >= 0.6 is 0 Å². The zero-order valence-corrected chi connectivity index (χ0v) is 25.1. The molecular formula is C34H42F3N3O4. The van der Waals surface area contributed by atoms with Gasteiger partial charge in [0.25, 0.3) is 0 Å². The number of β-amino-alcohol motifs (C(OH)–C–C–N with tert-alkyl or cyclic N) is 1. The Morgan fingerprint density at radius 2 is 1.68 bits per heavy atom. The molecule has 1 saturated carbocycles. The van der Waals surface area contributed by atoms with Crippen LogP contribution in [0.5, 0.6) is 0 Å². The van der Waals surface area contributed by atoms with Gasteiger partial charge in [-0.25, -0.2) is 4.79 Å². The monoisotopic (exact) mass is 613 g/mol.